The van der Waals surface area contributed by atoms with E-state index in [4.69, 9.17) is 16.3 Å². The van der Waals surface area contributed by atoms with E-state index in [1.54, 1.807) is 12.3 Å². The van der Waals surface area contributed by atoms with Crippen molar-refractivity contribution in [2.45, 2.75) is 26.8 Å². The monoisotopic (exact) mass is 278 g/mol. The molecule has 0 radical (unpaired) electrons. The third-order valence-electron chi connectivity index (χ3n) is 2.09. The molecule has 102 valence electrons. The smallest absolute Gasteiger partial charge is 0.272 e. The number of nitrogens with one attached hydrogen (secondary N) is 1. The van der Waals surface area contributed by atoms with Crippen LogP contribution in [-0.2, 0) is 6.54 Å². The van der Waals surface area contributed by atoms with Gasteiger partial charge >= 0.3 is 0 Å². The Morgan fingerprint density at radius 1 is 1.44 bits per heavy atom. The van der Waals surface area contributed by atoms with Crippen molar-refractivity contribution >= 4 is 11.6 Å². The van der Waals surface area contributed by atoms with Gasteiger partial charge < -0.3 is 10.1 Å². The fourth-order valence-electron chi connectivity index (χ4n) is 1.31. The van der Waals surface area contributed by atoms with Gasteiger partial charge in [-0.2, -0.15) is 0 Å². The lowest BCUT2D eigenvalue weighted by Crippen LogP contribution is -2.19. The second kappa shape index (κ2) is 7.48. The van der Waals surface area contributed by atoms with Crippen LogP contribution in [0.15, 0.2) is 12.3 Å². The first-order valence-electron chi connectivity index (χ1n) is 5.75. The van der Waals surface area contributed by atoms with Crippen molar-refractivity contribution in [1.29, 1.82) is 0 Å². The molecule has 1 rings (SSSR count). The Labute approximate surface area is 111 Å². The molecule has 0 aliphatic carbocycles. The summed E-state index contributed by atoms with van der Waals surface area (Å²) in [5.41, 5.74) is 0.894. The minimum Gasteiger partial charge on any atom is -0.471 e. The van der Waals surface area contributed by atoms with E-state index in [-0.39, 0.29) is 10.9 Å². The molecule has 6 heteroatoms. The molecular formula is C12H17ClF2N2O. The molecule has 1 aromatic rings. The molecule has 0 saturated carbocycles. The SMILES string of the molecule is CC(C)CNCc1cnc(OCC(F)F)c(Cl)c1. The molecule has 1 N–H and O–H groups in total. The van der Waals surface area contributed by atoms with Gasteiger partial charge in [0.2, 0.25) is 5.88 Å². The van der Waals surface area contributed by atoms with Gasteiger partial charge in [0.1, 0.15) is 5.02 Å². The Balaban J connectivity index is 2.51. The zero-order valence-corrected chi connectivity index (χ0v) is 11.2. The van der Waals surface area contributed by atoms with E-state index in [1.807, 2.05) is 0 Å². The van der Waals surface area contributed by atoms with Gasteiger partial charge in [0, 0.05) is 12.7 Å². The number of alkyl halides is 2. The predicted octanol–water partition coefficient (Wildman–Crippen LogP) is 3.12. The van der Waals surface area contributed by atoms with Crippen LogP contribution in [0.25, 0.3) is 0 Å². The highest BCUT2D eigenvalue weighted by molar-refractivity contribution is 6.31. The van der Waals surface area contributed by atoms with Crippen LogP contribution in [0.3, 0.4) is 0 Å². The van der Waals surface area contributed by atoms with Crippen LogP contribution in [-0.4, -0.2) is 24.6 Å². The molecule has 1 aromatic heterocycles. The Hall–Kier alpha value is -0.940. The first kappa shape index (κ1) is 15.1. The molecule has 18 heavy (non-hydrogen) atoms. The zero-order chi connectivity index (χ0) is 13.5. The van der Waals surface area contributed by atoms with Crippen LogP contribution < -0.4 is 10.1 Å². The summed E-state index contributed by atoms with van der Waals surface area (Å²) in [5, 5.41) is 3.49. The maximum Gasteiger partial charge on any atom is 0.272 e. The minimum atomic E-state index is -2.53. The molecule has 0 atom stereocenters. The van der Waals surface area contributed by atoms with E-state index in [9.17, 15) is 8.78 Å². The number of ether oxygens (including phenoxy) is 1. The van der Waals surface area contributed by atoms with Gasteiger partial charge in [-0.15, -0.1) is 0 Å². The van der Waals surface area contributed by atoms with Crippen molar-refractivity contribution in [3.8, 4) is 5.88 Å². The average molecular weight is 279 g/mol. The first-order chi connectivity index (χ1) is 8.49. The van der Waals surface area contributed by atoms with E-state index in [1.165, 1.54) is 0 Å². The number of nitrogens with zero attached hydrogens (tertiary/aromatic N) is 1. The molecule has 0 bridgehead atoms. The van der Waals surface area contributed by atoms with Crippen LogP contribution in [0.4, 0.5) is 8.78 Å². The number of pyridine rings is 1. The van der Waals surface area contributed by atoms with Crippen LogP contribution >= 0.6 is 11.6 Å². The molecule has 0 aliphatic rings. The Morgan fingerprint density at radius 3 is 2.72 bits per heavy atom. The molecular weight excluding hydrogens is 262 g/mol. The molecule has 0 amide bonds. The van der Waals surface area contributed by atoms with E-state index >= 15 is 0 Å². The molecule has 3 nitrogen and oxygen atoms in total. The molecule has 1 heterocycles. The van der Waals surface area contributed by atoms with E-state index in [2.05, 4.69) is 24.1 Å². The molecule has 0 aliphatic heterocycles. The van der Waals surface area contributed by atoms with Crippen molar-refractivity contribution in [2.75, 3.05) is 13.2 Å². The number of hydrogen-bond acceptors (Lipinski definition) is 3. The van der Waals surface area contributed by atoms with Gasteiger partial charge in [-0.3, -0.25) is 0 Å². The fraction of sp³-hybridized carbons (Fsp3) is 0.583. The average Bonchev–Trinajstić information content (AvgIpc) is 2.27. The van der Waals surface area contributed by atoms with Crippen LogP contribution in [0.5, 0.6) is 5.88 Å². The maximum absolute atomic E-state index is 12.0. The predicted molar refractivity (Wildman–Crippen MR) is 67.3 cm³/mol. The van der Waals surface area contributed by atoms with Gasteiger partial charge in [0.15, 0.2) is 6.61 Å². The lowest BCUT2D eigenvalue weighted by atomic mass is 10.2. The summed E-state index contributed by atoms with van der Waals surface area (Å²) in [5.74, 6) is 0.603. The third kappa shape index (κ3) is 5.60. The third-order valence-corrected chi connectivity index (χ3v) is 2.36. The summed E-state index contributed by atoms with van der Waals surface area (Å²) in [6, 6.07) is 1.67. The Kier molecular flexibility index (Phi) is 6.29. The van der Waals surface area contributed by atoms with Crippen molar-refractivity contribution < 1.29 is 13.5 Å². The summed E-state index contributed by atoms with van der Waals surface area (Å²) in [4.78, 5) is 3.92. The van der Waals surface area contributed by atoms with Crippen LogP contribution in [0, 0.1) is 5.92 Å². The van der Waals surface area contributed by atoms with Crippen molar-refractivity contribution in [2.24, 2.45) is 5.92 Å². The number of rotatable bonds is 7. The Morgan fingerprint density at radius 2 is 2.17 bits per heavy atom. The summed E-state index contributed by atoms with van der Waals surface area (Å²) in [6.45, 7) is 5.05. The molecule has 0 saturated heterocycles. The molecule has 0 spiro atoms. The second-order valence-electron chi connectivity index (χ2n) is 4.36. The summed E-state index contributed by atoms with van der Waals surface area (Å²) < 4.78 is 28.7. The van der Waals surface area contributed by atoms with Gasteiger partial charge in [0.25, 0.3) is 6.43 Å². The highest BCUT2D eigenvalue weighted by Gasteiger charge is 2.09. The highest BCUT2D eigenvalue weighted by atomic mass is 35.5. The van der Waals surface area contributed by atoms with E-state index in [0.717, 1.165) is 12.1 Å². The summed E-state index contributed by atoms with van der Waals surface area (Å²) >= 11 is 5.89. The summed E-state index contributed by atoms with van der Waals surface area (Å²) in [6.07, 6.45) is -0.963. The lowest BCUT2D eigenvalue weighted by Gasteiger charge is -2.09. The van der Waals surface area contributed by atoms with Crippen LogP contribution in [0.1, 0.15) is 19.4 Å². The minimum absolute atomic E-state index is 0.0459. The van der Waals surface area contributed by atoms with Gasteiger partial charge in [-0.1, -0.05) is 25.4 Å². The normalized spacial score (nSPS) is 11.3. The number of aromatic nitrogens is 1. The van der Waals surface area contributed by atoms with Gasteiger partial charge in [-0.25, -0.2) is 13.8 Å². The fourth-order valence-corrected chi connectivity index (χ4v) is 1.56. The number of halogens is 3. The second-order valence-corrected chi connectivity index (χ2v) is 4.76. The standard InChI is InChI=1S/C12H17ClF2N2O/c1-8(2)4-16-5-9-3-10(13)12(17-6-9)18-7-11(14)15/h3,6,8,11,16H,4-5,7H2,1-2H3. The van der Waals surface area contributed by atoms with Crippen molar-refractivity contribution in [1.82, 2.24) is 10.3 Å². The first-order valence-corrected chi connectivity index (χ1v) is 6.13. The van der Waals surface area contributed by atoms with E-state index < -0.39 is 13.0 Å². The van der Waals surface area contributed by atoms with Crippen molar-refractivity contribution in [3.05, 3.63) is 22.8 Å². The van der Waals surface area contributed by atoms with Crippen LogP contribution in [0.2, 0.25) is 5.02 Å². The molecule has 0 aromatic carbocycles. The highest BCUT2D eigenvalue weighted by Crippen LogP contribution is 2.22. The summed E-state index contributed by atoms with van der Waals surface area (Å²) in [7, 11) is 0. The number of hydrogen-bond donors (Lipinski definition) is 1. The van der Waals surface area contributed by atoms with Gasteiger partial charge in [0.05, 0.1) is 0 Å². The van der Waals surface area contributed by atoms with Gasteiger partial charge in [-0.05, 0) is 24.1 Å². The topological polar surface area (TPSA) is 34.2 Å². The molecule has 0 unspecified atom stereocenters. The largest absolute Gasteiger partial charge is 0.471 e. The lowest BCUT2D eigenvalue weighted by molar-refractivity contribution is 0.0796. The Bertz CT molecular complexity index is 375. The van der Waals surface area contributed by atoms with Crippen molar-refractivity contribution in [3.63, 3.8) is 0 Å². The zero-order valence-electron chi connectivity index (χ0n) is 10.4. The molecule has 0 fully saturated rings. The maximum atomic E-state index is 12.0. The van der Waals surface area contributed by atoms with E-state index in [0.29, 0.717) is 12.5 Å². The quantitative estimate of drug-likeness (QED) is 0.832.